The molecule has 16 heavy (non-hydrogen) atoms. The number of halogens is 1. The summed E-state index contributed by atoms with van der Waals surface area (Å²) >= 11 is 4.71. The first kappa shape index (κ1) is 9.80. The summed E-state index contributed by atoms with van der Waals surface area (Å²) < 4.78 is 6.45. The third-order valence-electron chi connectivity index (χ3n) is 2.20. The first-order valence-electron chi connectivity index (χ1n) is 4.46. The van der Waals surface area contributed by atoms with E-state index in [1.807, 2.05) is 12.1 Å². The standard InChI is InChI=1S/C10H5BrN2O2S/c11-9-5(1-2-15-9)7-3-6-8(16-7)10(14)13-4-12-6/h1-4H,(H,12,13,14). The fourth-order valence-electron chi connectivity index (χ4n) is 1.47. The summed E-state index contributed by atoms with van der Waals surface area (Å²) in [6.07, 6.45) is 3.01. The van der Waals surface area contributed by atoms with Crippen LogP contribution >= 0.6 is 27.3 Å². The predicted molar refractivity (Wildman–Crippen MR) is 65.6 cm³/mol. The molecule has 0 amide bonds. The molecule has 80 valence electrons. The van der Waals surface area contributed by atoms with Crippen LogP contribution < -0.4 is 5.56 Å². The normalized spacial score (nSPS) is 11.1. The number of nitrogens with zero attached hydrogens (tertiary/aromatic N) is 1. The minimum atomic E-state index is -0.110. The van der Waals surface area contributed by atoms with Gasteiger partial charge in [-0.3, -0.25) is 4.79 Å². The Hall–Kier alpha value is -1.40. The van der Waals surface area contributed by atoms with E-state index < -0.39 is 0 Å². The van der Waals surface area contributed by atoms with Gasteiger partial charge in [0.25, 0.3) is 5.56 Å². The molecule has 4 nitrogen and oxygen atoms in total. The van der Waals surface area contributed by atoms with Gasteiger partial charge in [0, 0.05) is 10.4 Å². The Bertz CT molecular complexity index is 713. The van der Waals surface area contributed by atoms with Crippen LogP contribution in [-0.4, -0.2) is 9.97 Å². The Morgan fingerprint density at radius 1 is 1.50 bits per heavy atom. The quantitative estimate of drug-likeness (QED) is 0.751. The van der Waals surface area contributed by atoms with Gasteiger partial charge in [-0.1, -0.05) is 0 Å². The predicted octanol–water partition coefficient (Wildman–Crippen LogP) is 3.01. The van der Waals surface area contributed by atoms with Gasteiger partial charge in [0.2, 0.25) is 0 Å². The molecule has 3 heterocycles. The molecular weight excluding hydrogens is 292 g/mol. The van der Waals surface area contributed by atoms with Gasteiger partial charge in [-0.2, -0.15) is 0 Å². The second-order valence-electron chi connectivity index (χ2n) is 3.16. The first-order valence-corrected chi connectivity index (χ1v) is 6.07. The van der Waals surface area contributed by atoms with Gasteiger partial charge in [-0.15, -0.1) is 11.3 Å². The lowest BCUT2D eigenvalue weighted by molar-refractivity contribution is 0.542. The van der Waals surface area contributed by atoms with E-state index in [0.29, 0.717) is 14.9 Å². The monoisotopic (exact) mass is 296 g/mol. The average Bonchev–Trinajstić information content (AvgIpc) is 2.84. The summed E-state index contributed by atoms with van der Waals surface area (Å²) in [5.41, 5.74) is 1.53. The Labute approximate surface area is 102 Å². The molecule has 0 aliphatic carbocycles. The van der Waals surface area contributed by atoms with Crippen molar-refractivity contribution in [2.45, 2.75) is 0 Å². The number of hydrogen-bond acceptors (Lipinski definition) is 4. The van der Waals surface area contributed by atoms with Gasteiger partial charge >= 0.3 is 0 Å². The summed E-state index contributed by atoms with van der Waals surface area (Å²) in [5, 5.41) is 0. The molecular formula is C10H5BrN2O2S. The minimum absolute atomic E-state index is 0.110. The molecule has 0 aliphatic rings. The third kappa shape index (κ3) is 1.42. The zero-order valence-corrected chi connectivity index (χ0v) is 10.3. The van der Waals surface area contributed by atoms with E-state index >= 15 is 0 Å². The molecule has 3 rings (SSSR count). The van der Waals surface area contributed by atoms with Gasteiger partial charge in [-0.25, -0.2) is 4.98 Å². The van der Waals surface area contributed by atoms with E-state index in [4.69, 9.17) is 4.42 Å². The highest BCUT2D eigenvalue weighted by Gasteiger charge is 2.11. The molecule has 0 aliphatic heterocycles. The molecule has 0 saturated heterocycles. The molecule has 3 aromatic rings. The summed E-state index contributed by atoms with van der Waals surface area (Å²) in [5.74, 6) is 0. The minimum Gasteiger partial charge on any atom is -0.457 e. The molecule has 0 radical (unpaired) electrons. The Morgan fingerprint density at radius 2 is 2.38 bits per heavy atom. The van der Waals surface area contributed by atoms with E-state index in [1.54, 1.807) is 6.26 Å². The Morgan fingerprint density at radius 3 is 3.06 bits per heavy atom. The van der Waals surface area contributed by atoms with Crippen molar-refractivity contribution in [2.75, 3.05) is 0 Å². The van der Waals surface area contributed by atoms with Crippen molar-refractivity contribution in [1.82, 2.24) is 9.97 Å². The Balaban J connectivity index is 2.31. The first-order chi connectivity index (χ1) is 7.75. The second kappa shape index (κ2) is 3.57. The van der Waals surface area contributed by atoms with Crippen LogP contribution in [0, 0.1) is 0 Å². The van der Waals surface area contributed by atoms with Crippen molar-refractivity contribution in [2.24, 2.45) is 0 Å². The van der Waals surface area contributed by atoms with Gasteiger partial charge in [0.1, 0.15) is 4.70 Å². The number of furan rings is 1. The molecule has 0 aromatic carbocycles. The van der Waals surface area contributed by atoms with Crippen LogP contribution in [0.4, 0.5) is 0 Å². The van der Waals surface area contributed by atoms with Crippen LogP contribution in [0.3, 0.4) is 0 Å². The summed E-state index contributed by atoms with van der Waals surface area (Å²) in [4.78, 5) is 19.2. The number of hydrogen-bond donors (Lipinski definition) is 1. The molecule has 6 heteroatoms. The van der Waals surface area contributed by atoms with Gasteiger partial charge in [0.15, 0.2) is 4.67 Å². The lowest BCUT2D eigenvalue weighted by Gasteiger charge is -1.88. The molecule has 0 spiro atoms. The summed E-state index contributed by atoms with van der Waals surface area (Å²) in [6, 6.07) is 3.73. The number of aromatic amines is 1. The third-order valence-corrected chi connectivity index (χ3v) is 3.97. The van der Waals surface area contributed by atoms with Crippen molar-refractivity contribution in [3.8, 4) is 10.4 Å². The topological polar surface area (TPSA) is 58.9 Å². The molecule has 1 N–H and O–H groups in total. The van der Waals surface area contributed by atoms with Crippen LogP contribution in [0.1, 0.15) is 0 Å². The Kier molecular flexibility index (Phi) is 2.19. The maximum absolute atomic E-state index is 11.5. The van der Waals surface area contributed by atoms with Crippen molar-refractivity contribution < 1.29 is 4.42 Å². The van der Waals surface area contributed by atoms with E-state index in [9.17, 15) is 4.79 Å². The lowest BCUT2D eigenvalue weighted by Crippen LogP contribution is -2.02. The highest BCUT2D eigenvalue weighted by molar-refractivity contribution is 9.10. The van der Waals surface area contributed by atoms with Crippen LogP contribution in [0.25, 0.3) is 20.7 Å². The van der Waals surface area contributed by atoms with E-state index in [1.165, 1.54) is 17.7 Å². The van der Waals surface area contributed by atoms with Crippen LogP contribution in [0.5, 0.6) is 0 Å². The zero-order valence-electron chi connectivity index (χ0n) is 7.86. The van der Waals surface area contributed by atoms with Crippen molar-refractivity contribution in [1.29, 1.82) is 0 Å². The fourth-order valence-corrected chi connectivity index (χ4v) is 3.08. The molecule has 0 fully saturated rings. The summed E-state index contributed by atoms with van der Waals surface area (Å²) in [6.45, 7) is 0. The smallest absolute Gasteiger partial charge is 0.268 e. The number of aromatic nitrogens is 2. The van der Waals surface area contributed by atoms with Crippen molar-refractivity contribution >= 4 is 37.5 Å². The number of thiophene rings is 1. The SMILES string of the molecule is O=c1[nH]cnc2cc(-c3ccoc3Br)sc12. The highest BCUT2D eigenvalue weighted by Crippen LogP contribution is 2.35. The van der Waals surface area contributed by atoms with E-state index in [0.717, 1.165) is 10.4 Å². The number of nitrogens with one attached hydrogen (secondary N) is 1. The number of H-pyrrole nitrogens is 1. The van der Waals surface area contributed by atoms with E-state index in [-0.39, 0.29) is 5.56 Å². The van der Waals surface area contributed by atoms with Crippen LogP contribution in [0.2, 0.25) is 0 Å². The van der Waals surface area contributed by atoms with Crippen LogP contribution in [0.15, 0.2) is 38.6 Å². The molecule has 0 unspecified atom stereocenters. The second-order valence-corrected chi connectivity index (χ2v) is 4.94. The summed E-state index contributed by atoms with van der Waals surface area (Å²) in [7, 11) is 0. The largest absolute Gasteiger partial charge is 0.457 e. The number of fused-ring (bicyclic) bond motifs is 1. The van der Waals surface area contributed by atoms with Crippen molar-refractivity contribution in [3.63, 3.8) is 0 Å². The van der Waals surface area contributed by atoms with Crippen LogP contribution in [-0.2, 0) is 0 Å². The van der Waals surface area contributed by atoms with Gasteiger partial charge in [0.05, 0.1) is 18.1 Å². The fraction of sp³-hybridized carbons (Fsp3) is 0. The van der Waals surface area contributed by atoms with Gasteiger partial charge in [-0.05, 0) is 28.1 Å². The maximum atomic E-state index is 11.5. The molecule has 3 aromatic heterocycles. The average molecular weight is 297 g/mol. The maximum Gasteiger partial charge on any atom is 0.268 e. The molecule has 0 bridgehead atoms. The van der Waals surface area contributed by atoms with Gasteiger partial charge < -0.3 is 9.40 Å². The highest BCUT2D eigenvalue weighted by atomic mass is 79.9. The molecule has 0 atom stereocenters. The lowest BCUT2D eigenvalue weighted by atomic mass is 10.3. The number of rotatable bonds is 1. The van der Waals surface area contributed by atoms with Crippen molar-refractivity contribution in [3.05, 3.63) is 39.7 Å². The zero-order chi connectivity index (χ0) is 11.1. The molecule has 0 saturated carbocycles. The van der Waals surface area contributed by atoms with E-state index in [2.05, 4.69) is 25.9 Å².